The van der Waals surface area contributed by atoms with E-state index < -0.39 is 23.6 Å². The van der Waals surface area contributed by atoms with Gasteiger partial charge in [0.2, 0.25) is 0 Å². The fourth-order valence-electron chi connectivity index (χ4n) is 1.68. The Balaban J connectivity index is 2.30. The van der Waals surface area contributed by atoms with E-state index in [9.17, 15) is 18.4 Å². The average molecular weight is 295 g/mol. The van der Waals surface area contributed by atoms with Crippen LogP contribution in [0.15, 0.2) is 34.9 Å². The van der Waals surface area contributed by atoms with Gasteiger partial charge in [-0.2, -0.15) is 5.01 Å². The van der Waals surface area contributed by atoms with Crippen LogP contribution in [0.4, 0.5) is 19.3 Å². The van der Waals surface area contributed by atoms with Crippen LogP contribution in [0.25, 0.3) is 0 Å². The molecule has 1 aromatic heterocycles. The fraction of sp³-hybridized carbons (Fsp3) is 0.0769. The largest absolute Gasteiger partial charge is 0.469 e. The van der Waals surface area contributed by atoms with Gasteiger partial charge in [0.1, 0.15) is 17.3 Å². The van der Waals surface area contributed by atoms with Crippen LogP contribution in [0.3, 0.4) is 0 Å². The maximum Gasteiger partial charge on any atom is 0.338 e. The van der Waals surface area contributed by atoms with Gasteiger partial charge in [0, 0.05) is 6.07 Å². The molecule has 1 aromatic carbocycles. The number of carbonyl (C=O) groups excluding carboxylic acids is 2. The van der Waals surface area contributed by atoms with E-state index in [0.717, 1.165) is 12.1 Å². The lowest BCUT2D eigenvalue weighted by atomic mass is 10.2. The van der Waals surface area contributed by atoms with E-state index in [1.54, 1.807) is 6.92 Å². The van der Waals surface area contributed by atoms with E-state index in [2.05, 4.69) is 5.43 Å². The van der Waals surface area contributed by atoms with Crippen molar-refractivity contribution in [2.75, 3.05) is 5.01 Å². The van der Waals surface area contributed by atoms with Crippen molar-refractivity contribution in [1.82, 2.24) is 5.43 Å². The Hall–Kier alpha value is -2.90. The molecule has 0 aliphatic carbocycles. The van der Waals surface area contributed by atoms with E-state index in [-0.39, 0.29) is 11.3 Å². The fourth-order valence-corrected chi connectivity index (χ4v) is 1.68. The van der Waals surface area contributed by atoms with Gasteiger partial charge >= 0.3 is 6.03 Å². The van der Waals surface area contributed by atoms with Gasteiger partial charge < -0.3 is 10.2 Å². The van der Waals surface area contributed by atoms with Gasteiger partial charge in [-0.25, -0.2) is 13.6 Å². The molecule has 0 aliphatic heterocycles. The highest BCUT2D eigenvalue weighted by Gasteiger charge is 2.21. The van der Waals surface area contributed by atoms with Gasteiger partial charge in [-0.3, -0.25) is 10.2 Å². The van der Waals surface area contributed by atoms with Crippen LogP contribution < -0.4 is 16.2 Å². The van der Waals surface area contributed by atoms with Gasteiger partial charge in [-0.1, -0.05) is 0 Å². The van der Waals surface area contributed by atoms with Crippen LogP contribution in [0.5, 0.6) is 0 Å². The Labute approximate surface area is 118 Å². The minimum Gasteiger partial charge on any atom is -0.469 e. The standard InChI is InChI=1S/C13H11F2N3O3/c1-7-9(4-5-21-7)12(19)17-18(13(16)20)11-3-2-8(14)6-10(11)15/h2-6H,1H3,(H2,16,20)(H,17,19). The summed E-state index contributed by atoms with van der Waals surface area (Å²) < 4.78 is 31.5. The first kappa shape index (κ1) is 14.5. The number of hydrogen-bond donors (Lipinski definition) is 2. The van der Waals surface area contributed by atoms with Crippen LogP contribution >= 0.6 is 0 Å². The normalized spacial score (nSPS) is 10.2. The van der Waals surface area contributed by atoms with Crippen molar-refractivity contribution in [3.8, 4) is 0 Å². The topological polar surface area (TPSA) is 88.6 Å². The summed E-state index contributed by atoms with van der Waals surface area (Å²) in [5, 5.41) is 0.490. The van der Waals surface area contributed by atoms with Crippen molar-refractivity contribution in [3.05, 3.63) is 53.5 Å². The number of nitrogens with one attached hydrogen (secondary N) is 1. The molecule has 3 N–H and O–H groups in total. The number of furan rings is 1. The zero-order valence-electron chi connectivity index (χ0n) is 10.9. The van der Waals surface area contributed by atoms with Crippen molar-refractivity contribution < 1.29 is 22.8 Å². The summed E-state index contributed by atoms with van der Waals surface area (Å²) in [5.41, 5.74) is 7.02. The lowest BCUT2D eigenvalue weighted by Gasteiger charge is -2.21. The molecular formula is C13H11F2N3O3. The number of nitrogens with two attached hydrogens (primary N) is 1. The van der Waals surface area contributed by atoms with Crippen molar-refractivity contribution >= 4 is 17.6 Å². The molecule has 110 valence electrons. The number of anilines is 1. The first-order valence-electron chi connectivity index (χ1n) is 5.80. The van der Waals surface area contributed by atoms with E-state index in [1.807, 2.05) is 0 Å². The summed E-state index contributed by atoms with van der Waals surface area (Å²) in [6.07, 6.45) is 1.29. The number of urea groups is 1. The molecule has 0 saturated carbocycles. The zero-order chi connectivity index (χ0) is 15.6. The minimum absolute atomic E-state index is 0.156. The molecule has 1 heterocycles. The van der Waals surface area contributed by atoms with Crippen LogP contribution in [-0.4, -0.2) is 11.9 Å². The second-order valence-corrected chi connectivity index (χ2v) is 4.10. The molecule has 0 fully saturated rings. The van der Waals surface area contributed by atoms with Crippen molar-refractivity contribution in [2.24, 2.45) is 5.73 Å². The third-order valence-electron chi connectivity index (χ3n) is 2.69. The molecule has 8 heteroatoms. The molecule has 3 amide bonds. The van der Waals surface area contributed by atoms with Gasteiger partial charge in [0.05, 0.1) is 11.8 Å². The predicted molar refractivity (Wildman–Crippen MR) is 69.3 cm³/mol. The van der Waals surface area contributed by atoms with Gasteiger partial charge in [-0.05, 0) is 25.1 Å². The molecule has 2 aromatic rings. The van der Waals surface area contributed by atoms with Crippen molar-refractivity contribution in [2.45, 2.75) is 6.92 Å². The maximum absolute atomic E-state index is 13.7. The molecule has 0 saturated heterocycles. The second kappa shape index (κ2) is 5.61. The van der Waals surface area contributed by atoms with Crippen LogP contribution in [0.1, 0.15) is 16.1 Å². The number of amides is 3. The molecule has 2 rings (SSSR count). The Morgan fingerprint density at radius 3 is 2.52 bits per heavy atom. The highest BCUT2D eigenvalue weighted by molar-refractivity contribution is 6.01. The smallest absolute Gasteiger partial charge is 0.338 e. The number of aryl methyl sites for hydroxylation is 1. The van der Waals surface area contributed by atoms with Gasteiger partial charge in [0.25, 0.3) is 5.91 Å². The Bertz CT molecular complexity index is 700. The lowest BCUT2D eigenvalue weighted by Crippen LogP contribution is -2.49. The molecule has 0 bridgehead atoms. The predicted octanol–water partition coefficient (Wildman–Crippen LogP) is 2.10. The third kappa shape index (κ3) is 2.99. The van der Waals surface area contributed by atoms with Gasteiger partial charge in [0.15, 0.2) is 5.82 Å². The van der Waals surface area contributed by atoms with Crippen LogP contribution in [0.2, 0.25) is 0 Å². The maximum atomic E-state index is 13.7. The average Bonchev–Trinajstić information content (AvgIpc) is 2.82. The summed E-state index contributed by atoms with van der Waals surface area (Å²) in [7, 11) is 0. The van der Waals surface area contributed by atoms with Crippen LogP contribution in [-0.2, 0) is 0 Å². The number of hydrogen-bond acceptors (Lipinski definition) is 3. The quantitative estimate of drug-likeness (QED) is 0.831. The number of primary amides is 1. The minimum atomic E-state index is -1.13. The summed E-state index contributed by atoms with van der Waals surface area (Å²) in [6.45, 7) is 1.54. The van der Waals surface area contributed by atoms with Gasteiger partial charge in [-0.15, -0.1) is 0 Å². The number of rotatable bonds is 2. The molecule has 0 spiro atoms. The molecule has 6 nitrogen and oxygen atoms in total. The number of nitrogens with zero attached hydrogens (tertiary/aromatic N) is 1. The van der Waals surface area contributed by atoms with Crippen LogP contribution in [0, 0.1) is 18.6 Å². The highest BCUT2D eigenvalue weighted by Crippen LogP contribution is 2.19. The Kier molecular flexibility index (Phi) is 3.88. The highest BCUT2D eigenvalue weighted by atomic mass is 19.1. The van der Waals surface area contributed by atoms with Crippen molar-refractivity contribution in [1.29, 1.82) is 0 Å². The monoisotopic (exact) mass is 295 g/mol. The van der Waals surface area contributed by atoms with E-state index in [4.69, 9.17) is 10.2 Å². The first-order valence-corrected chi connectivity index (χ1v) is 5.80. The molecule has 0 unspecified atom stereocenters. The van der Waals surface area contributed by atoms with E-state index in [0.29, 0.717) is 16.8 Å². The van der Waals surface area contributed by atoms with E-state index in [1.165, 1.54) is 12.3 Å². The number of hydrazine groups is 1. The number of halogens is 2. The molecule has 0 atom stereocenters. The Morgan fingerprint density at radius 2 is 2.00 bits per heavy atom. The van der Waals surface area contributed by atoms with Crippen molar-refractivity contribution in [3.63, 3.8) is 0 Å². The second-order valence-electron chi connectivity index (χ2n) is 4.10. The number of benzene rings is 1. The summed E-state index contributed by atoms with van der Waals surface area (Å²) in [4.78, 5) is 23.4. The molecular weight excluding hydrogens is 284 g/mol. The molecule has 21 heavy (non-hydrogen) atoms. The summed E-state index contributed by atoms with van der Waals surface area (Å²) >= 11 is 0. The SMILES string of the molecule is Cc1occc1C(=O)NN(C(N)=O)c1ccc(F)cc1F. The summed E-state index contributed by atoms with van der Waals surface area (Å²) in [6, 6.07) is 2.74. The van der Waals surface area contributed by atoms with E-state index >= 15 is 0 Å². The third-order valence-corrected chi connectivity index (χ3v) is 2.69. The molecule has 0 radical (unpaired) electrons. The first-order chi connectivity index (χ1) is 9.90. The molecule has 0 aliphatic rings. The zero-order valence-corrected chi connectivity index (χ0v) is 10.9. The lowest BCUT2D eigenvalue weighted by molar-refractivity contribution is 0.0949. The summed E-state index contributed by atoms with van der Waals surface area (Å²) in [5.74, 6) is -2.27. The Morgan fingerprint density at radius 1 is 1.29 bits per heavy atom. The number of carbonyl (C=O) groups is 2.